The van der Waals surface area contributed by atoms with Crippen LogP contribution in [0.5, 0.6) is 5.75 Å². The minimum Gasteiger partial charge on any atom is -0.506 e. The second-order valence-corrected chi connectivity index (χ2v) is 7.84. The molecule has 0 aliphatic rings. The lowest BCUT2D eigenvalue weighted by Crippen LogP contribution is -1.84. The summed E-state index contributed by atoms with van der Waals surface area (Å²) in [6.07, 6.45) is 1.57. The van der Waals surface area contributed by atoms with Crippen LogP contribution in [-0.4, -0.2) is 16.3 Å². The highest BCUT2D eigenvalue weighted by Gasteiger charge is 2.10. The molecule has 1 N–H and O–H groups in total. The Hall–Kier alpha value is -2.63. The molecule has 0 radical (unpaired) electrons. The van der Waals surface area contributed by atoms with Crippen LogP contribution in [0.25, 0.3) is 22.6 Å². The molecule has 0 bridgehead atoms. The van der Waals surface area contributed by atoms with Gasteiger partial charge in [0.15, 0.2) is 5.58 Å². The van der Waals surface area contributed by atoms with E-state index in [4.69, 9.17) is 16.0 Å². The van der Waals surface area contributed by atoms with Gasteiger partial charge in [0, 0.05) is 22.4 Å². The van der Waals surface area contributed by atoms with Gasteiger partial charge in [0.05, 0.1) is 10.2 Å². The normalized spacial score (nSPS) is 11.6. The molecule has 6 heteroatoms. The van der Waals surface area contributed by atoms with Gasteiger partial charge < -0.3 is 9.52 Å². The van der Waals surface area contributed by atoms with E-state index in [9.17, 15) is 5.11 Å². The third-order valence-electron chi connectivity index (χ3n) is 4.54. The zero-order chi connectivity index (χ0) is 19.8. The Labute approximate surface area is 175 Å². The molecule has 4 rings (SSSR count). The van der Waals surface area contributed by atoms with Gasteiger partial charge in [-0.2, -0.15) is 0 Å². The monoisotopic (exact) mass is 454 g/mol. The molecule has 0 fully saturated rings. The lowest BCUT2D eigenvalue weighted by Gasteiger charge is -2.02. The molecule has 3 aromatic carbocycles. The number of phenolic OH excluding ortho intramolecular Hbond substituents is 1. The predicted molar refractivity (Wildman–Crippen MR) is 117 cm³/mol. The smallest absolute Gasteiger partial charge is 0.227 e. The van der Waals surface area contributed by atoms with Gasteiger partial charge in [0.1, 0.15) is 11.3 Å². The number of aromatic nitrogens is 1. The molecule has 0 unspecified atom stereocenters. The number of nitrogens with zero attached hydrogens (tertiary/aromatic N) is 2. The molecule has 0 saturated heterocycles. The van der Waals surface area contributed by atoms with Crippen LogP contribution < -0.4 is 0 Å². The summed E-state index contributed by atoms with van der Waals surface area (Å²) in [5.41, 5.74) is 6.00. The summed E-state index contributed by atoms with van der Waals surface area (Å²) >= 11 is 9.31. The van der Waals surface area contributed by atoms with Crippen LogP contribution in [0.4, 0.5) is 5.69 Å². The van der Waals surface area contributed by atoms with Crippen molar-refractivity contribution in [2.45, 2.75) is 13.8 Å². The molecule has 0 aliphatic heterocycles. The average Bonchev–Trinajstić information content (AvgIpc) is 3.09. The van der Waals surface area contributed by atoms with Crippen molar-refractivity contribution in [1.82, 2.24) is 4.98 Å². The van der Waals surface area contributed by atoms with Gasteiger partial charge in [-0.3, -0.25) is 4.99 Å². The van der Waals surface area contributed by atoms with Crippen molar-refractivity contribution in [2.24, 2.45) is 4.99 Å². The Balaban J connectivity index is 1.68. The highest BCUT2D eigenvalue weighted by molar-refractivity contribution is 9.10. The van der Waals surface area contributed by atoms with Crippen LogP contribution in [0.1, 0.15) is 16.7 Å². The summed E-state index contributed by atoms with van der Waals surface area (Å²) in [5.74, 6) is 0.670. The predicted octanol–water partition coefficient (Wildman–Crippen LogP) is 6.98. The van der Waals surface area contributed by atoms with E-state index in [2.05, 4.69) is 51.9 Å². The Kier molecular flexibility index (Phi) is 4.96. The largest absolute Gasteiger partial charge is 0.506 e. The van der Waals surface area contributed by atoms with E-state index in [1.165, 1.54) is 11.1 Å². The molecule has 0 spiro atoms. The molecule has 4 nitrogen and oxygen atoms in total. The number of phenols is 1. The Bertz CT molecular complexity index is 1230. The van der Waals surface area contributed by atoms with Gasteiger partial charge in [-0.25, -0.2) is 4.98 Å². The van der Waals surface area contributed by atoms with E-state index < -0.39 is 0 Å². The molecular formula is C22H16BrClN2O2. The van der Waals surface area contributed by atoms with Crippen LogP contribution in [0.2, 0.25) is 5.02 Å². The Morgan fingerprint density at radius 1 is 1.07 bits per heavy atom. The third kappa shape index (κ3) is 3.68. The maximum absolute atomic E-state index is 10.1. The van der Waals surface area contributed by atoms with Crippen molar-refractivity contribution >= 4 is 50.5 Å². The summed E-state index contributed by atoms with van der Waals surface area (Å²) in [5, 5.41) is 10.6. The van der Waals surface area contributed by atoms with Crippen molar-refractivity contribution in [3.8, 4) is 17.2 Å². The van der Waals surface area contributed by atoms with E-state index in [0.29, 0.717) is 32.2 Å². The van der Waals surface area contributed by atoms with Crippen LogP contribution in [0.15, 0.2) is 62.4 Å². The number of hydrogen-bond acceptors (Lipinski definition) is 4. The number of benzene rings is 3. The quantitative estimate of drug-likeness (QED) is 0.339. The maximum Gasteiger partial charge on any atom is 0.227 e. The van der Waals surface area contributed by atoms with Crippen molar-refractivity contribution in [3.05, 3.63) is 74.7 Å². The molecular weight excluding hydrogens is 440 g/mol. The van der Waals surface area contributed by atoms with E-state index in [0.717, 1.165) is 11.1 Å². The Morgan fingerprint density at radius 3 is 2.68 bits per heavy atom. The number of aliphatic imine (C=N–C) groups is 1. The van der Waals surface area contributed by atoms with E-state index in [1.807, 2.05) is 24.3 Å². The fraction of sp³-hybridized carbons (Fsp3) is 0.0909. The van der Waals surface area contributed by atoms with Crippen molar-refractivity contribution in [1.29, 1.82) is 0 Å². The van der Waals surface area contributed by atoms with Crippen LogP contribution in [-0.2, 0) is 0 Å². The van der Waals surface area contributed by atoms with Crippen molar-refractivity contribution in [2.75, 3.05) is 0 Å². The molecule has 0 amide bonds. The molecule has 1 aromatic heterocycles. The number of oxazole rings is 1. The molecule has 0 atom stereocenters. The molecule has 0 saturated carbocycles. The summed E-state index contributed by atoms with van der Waals surface area (Å²) in [6, 6.07) is 14.9. The summed E-state index contributed by atoms with van der Waals surface area (Å²) in [6.45, 7) is 4.14. The van der Waals surface area contributed by atoms with Crippen LogP contribution in [0.3, 0.4) is 0 Å². The fourth-order valence-corrected chi connectivity index (χ4v) is 3.66. The van der Waals surface area contributed by atoms with E-state index >= 15 is 0 Å². The van der Waals surface area contributed by atoms with Crippen LogP contribution >= 0.6 is 27.5 Å². The number of fused-ring (bicyclic) bond motifs is 1. The Morgan fingerprint density at radius 2 is 1.89 bits per heavy atom. The summed E-state index contributed by atoms with van der Waals surface area (Å²) < 4.78 is 6.41. The van der Waals surface area contributed by atoms with E-state index in [1.54, 1.807) is 18.3 Å². The van der Waals surface area contributed by atoms with Gasteiger partial charge in [-0.05, 0) is 83.4 Å². The molecule has 1 heterocycles. The minimum atomic E-state index is 0.0905. The highest BCUT2D eigenvalue weighted by atomic mass is 79.9. The molecule has 140 valence electrons. The minimum absolute atomic E-state index is 0.0905. The standard InChI is InChI=1S/C22H16BrClN2O2/c1-12-3-4-14(7-13(12)2)22-26-19-10-17(5-6-20(19)28-22)25-11-15-8-16(24)9-18(23)21(15)27/h3-11,27H,1-2H3. The van der Waals surface area contributed by atoms with Gasteiger partial charge >= 0.3 is 0 Å². The zero-order valence-corrected chi connectivity index (χ0v) is 17.5. The number of halogens is 2. The maximum atomic E-state index is 10.1. The van der Waals surface area contributed by atoms with Crippen molar-refractivity contribution < 1.29 is 9.52 Å². The second kappa shape index (κ2) is 7.41. The molecule has 0 aliphatic carbocycles. The number of aromatic hydroxyl groups is 1. The lowest BCUT2D eigenvalue weighted by molar-refractivity contribution is 0.471. The topological polar surface area (TPSA) is 58.6 Å². The first-order valence-electron chi connectivity index (χ1n) is 8.61. The highest BCUT2D eigenvalue weighted by Crippen LogP contribution is 2.31. The number of rotatable bonds is 3. The lowest BCUT2D eigenvalue weighted by atomic mass is 10.1. The molecule has 4 aromatic rings. The van der Waals surface area contributed by atoms with Gasteiger partial charge in [0.25, 0.3) is 0 Å². The summed E-state index contributed by atoms with van der Waals surface area (Å²) in [7, 11) is 0. The SMILES string of the molecule is Cc1ccc(-c2nc3cc(N=Cc4cc(Cl)cc(Br)c4O)ccc3o2)cc1C. The second-order valence-electron chi connectivity index (χ2n) is 6.55. The first kappa shape index (κ1) is 18.7. The first-order valence-corrected chi connectivity index (χ1v) is 9.78. The van der Waals surface area contributed by atoms with Crippen molar-refractivity contribution in [3.63, 3.8) is 0 Å². The van der Waals surface area contributed by atoms with Crippen LogP contribution in [0, 0.1) is 13.8 Å². The third-order valence-corrected chi connectivity index (χ3v) is 5.36. The van der Waals surface area contributed by atoms with Gasteiger partial charge in [-0.15, -0.1) is 0 Å². The van der Waals surface area contributed by atoms with Gasteiger partial charge in [-0.1, -0.05) is 17.7 Å². The number of aryl methyl sites for hydroxylation is 2. The summed E-state index contributed by atoms with van der Waals surface area (Å²) in [4.78, 5) is 9.03. The molecule has 28 heavy (non-hydrogen) atoms. The van der Waals surface area contributed by atoms with E-state index in [-0.39, 0.29) is 5.75 Å². The van der Waals surface area contributed by atoms with Gasteiger partial charge in [0.2, 0.25) is 5.89 Å². The number of hydrogen-bond donors (Lipinski definition) is 1. The fourth-order valence-electron chi connectivity index (χ4n) is 2.82. The first-order chi connectivity index (χ1) is 13.4. The average molecular weight is 456 g/mol. The zero-order valence-electron chi connectivity index (χ0n) is 15.2.